The van der Waals surface area contributed by atoms with Crippen molar-refractivity contribution < 1.29 is 4.52 Å². The summed E-state index contributed by atoms with van der Waals surface area (Å²) in [5.41, 5.74) is 1.31. The first-order valence-electron chi connectivity index (χ1n) is 8.59. The van der Waals surface area contributed by atoms with Crippen molar-refractivity contribution in [3.63, 3.8) is 0 Å². The second-order valence-electron chi connectivity index (χ2n) is 6.75. The Morgan fingerprint density at radius 3 is 2.48 bits per heavy atom. The Balaban J connectivity index is 1.30. The summed E-state index contributed by atoms with van der Waals surface area (Å²) >= 11 is 0. The summed E-state index contributed by atoms with van der Waals surface area (Å²) in [6.07, 6.45) is 8.92. The molecule has 1 fully saturated rings. The van der Waals surface area contributed by atoms with Gasteiger partial charge in [-0.2, -0.15) is 4.98 Å². The average molecular weight is 309 g/mol. The van der Waals surface area contributed by atoms with E-state index in [0.29, 0.717) is 0 Å². The van der Waals surface area contributed by atoms with Gasteiger partial charge in [0.05, 0.1) is 6.54 Å². The second kappa shape index (κ2) is 6.67. The first kappa shape index (κ1) is 14.6. The molecule has 0 unspecified atom stereocenters. The number of fused-ring (bicyclic) bond motifs is 1. The van der Waals surface area contributed by atoms with Crippen molar-refractivity contribution in [2.75, 3.05) is 13.1 Å². The largest absolute Gasteiger partial charge is 0.338 e. The van der Waals surface area contributed by atoms with Crippen LogP contribution in [0, 0.1) is 11.8 Å². The number of allylic oxidation sites excluding steroid dienone is 2. The van der Waals surface area contributed by atoms with Gasteiger partial charge in [-0.15, -0.1) is 0 Å². The van der Waals surface area contributed by atoms with E-state index < -0.39 is 0 Å². The van der Waals surface area contributed by atoms with Gasteiger partial charge in [-0.05, 0) is 36.7 Å². The van der Waals surface area contributed by atoms with E-state index in [1.54, 1.807) is 0 Å². The van der Waals surface area contributed by atoms with Crippen molar-refractivity contribution in [2.45, 2.75) is 32.2 Å². The lowest BCUT2D eigenvalue weighted by Gasteiger charge is -2.18. The lowest BCUT2D eigenvalue weighted by molar-refractivity contribution is 0.257. The summed E-state index contributed by atoms with van der Waals surface area (Å²) in [6, 6.07) is 10.5. The van der Waals surface area contributed by atoms with E-state index in [1.165, 1.54) is 18.4 Å². The zero-order chi connectivity index (χ0) is 15.5. The summed E-state index contributed by atoms with van der Waals surface area (Å²) in [6.45, 7) is 3.12. The van der Waals surface area contributed by atoms with Crippen molar-refractivity contribution >= 4 is 0 Å². The number of aryl methyl sites for hydroxylation is 2. The molecule has 1 aromatic carbocycles. The normalized spacial score (nSPS) is 24.0. The summed E-state index contributed by atoms with van der Waals surface area (Å²) in [7, 11) is 0. The molecule has 4 rings (SSSR count). The Kier molecular flexibility index (Phi) is 4.24. The first-order valence-corrected chi connectivity index (χ1v) is 8.59. The van der Waals surface area contributed by atoms with Crippen LogP contribution in [0.5, 0.6) is 0 Å². The van der Waals surface area contributed by atoms with Crippen LogP contribution in [0.25, 0.3) is 0 Å². The highest BCUT2D eigenvalue weighted by Gasteiger charge is 2.33. The third-order valence-corrected chi connectivity index (χ3v) is 5.05. The summed E-state index contributed by atoms with van der Waals surface area (Å²) in [5, 5.41) is 4.14. The number of hydrogen-bond donors (Lipinski definition) is 0. The number of aromatic nitrogens is 2. The van der Waals surface area contributed by atoms with Crippen molar-refractivity contribution in [3.8, 4) is 0 Å². The van der Waals surface area contributed by atoms with Gasteiger partial charge in [0.2, 0.25) is 5.89 Å². The molecule has 120 valence electrons. The molecule has 2 atom stereocenters. The molecule has 4 heteroatoms. The molecule has 0 radical (unpaired) electrons. The van der Waals surface area contributed by atoms with Crippen LogP contribution in [0.4, 0.5) is 0 Å². The van der Waals surface area contributed by atoms with Gasteiger partial charge in [0.15, 0.2) is 5.82 Å². The van der Waals surface area contributed by atoms with Crippen LogP contribution in [0.1, 0.15) is 30.1 Å². The van der Waals surface area contributed by atoms with Gasteiger partial charge >= 0.3 is 0 Å². The lowest BCUT2D eigenvalue weighted by atomic mass is 9.86. The molecular weight excluding hydrogens is 286 g/mol. The maximum Gasteiger partial charge on any atom is 0.240 e. The Morgan fingerprint density at radius 1 is 1.00 bits per heavy atom. The number of hydrogen-bond acceptors (Lipinski definition) is 4. The lowest BCUT2D eigenvalue weighted by Crippen LogP contribution is -2.20. The third-order valence-electron chi connectivity index (χ3n) is 5.05. The highest BCUT2D eigenvalue weighted by Crippen LogP contribution is 2.33. The molecular formula is C19H23N3O. The van der Waals surface area contributed by atoms with Crippen molar-refractivity contribution in [1.82, 2.24) is 15.0 Å². The molecule has 1 aromatic heterocycles. The van der Waals surface area contributed by atoms with E-state index in [9.17, 15) is 0 Å². The molecule has 23 heavy (non-hydrogen) atoms. The molecule has 4 nitrogen and oxygen atoms in total. The molecule has 0 saturated carbocycles. The van der Waals surface area contributed by atoms with Crippen molar-refractivity contribution in [2.24, 2.45) is 11.8 Å². The Bertz CT molecular complexity index is 648. The minimum atomic E-state index is 0.764. The van der Waals surface area contributed by atoms with Crippen LogP contribution < -0.4 is 0 Å². The Hall–Kier alpha value is -1.94. The smallest absolute Gasteiger partial charge is 0.240 e. The minimum absolute atomic E-state index is 0.764. The van der Waals surface area contributed by atoms with Crippen molar-refractivity contribution in [3.05, 3.63) is 59.8 Å². The summed E-state index contributed by atoms with van der Waals surface area (Å²) < 4.78 is 5.45. The highest BCUT2D eigenvalue weighted by molar-refractivity contribution is 5.15. The third kappa shape index (κ3) is 3.53. The number of rotatable bonds is 5. The molecule has 2 aromatic rings. The number of likely N-dealkylation sites (tertiary alicyclic amines) is 1. The van der Waals surface area contributed by atoms with E-state index >= 15 is 0 Å². The van der Waals surface area contributed by atoms with Gasteiger partial charge in [0, 0.05) is 19.5 Å². The molecule has 0 amide bonds. The van der Waals surface area contributed by atoms with Crippen LogP contribution in [0.3, 0.4) is 0 Å². The minimum Gasteiger partial charge on any atom is -0.338 e. The first-order chi connectivity index (χ1) is 11.4. The van der Waals surface area contributed by atoms with Crippen LogP contribution in [-0.2, 0) is 19.4 Å². The Labute approximate surface area is 137 Å². The summed E-state index contributed by atoms with van der Waals surface area (Å²) in [5.74, 6) is 3.22. The molecule has 2 aliphatic rings. The molecule has 0 N–H and O–H groups in total. The fourth-order valence-electron chi connectivity index (χ4n) is 3.79. The second-order valence-corrected chi connectivity index (χ2v) is 6.75. The maximum atomic E-state index is 5.45. The Morgan fingerprint density at radius 2 is 1.74 bits per heavy atom. The predicted octanol–water partition coefficient (Wildman–Crippen LogP) is 3.25. The van der Waals surface area contributed by atoms with Gasteiger partial charge < -0.3 is 4.52 Å². The molecule has 2 heterocycles. The SMILES string of the molecule is C1=CC[C@H]2CN(Cc3nc(CCc4ccccc4)no3)C[C@H]2C1. The monoisotopic (exact) mass is 309 g/mol. The molecule has 0 spiro atoms. The van der Waals surface area contributed by atoms with Crippen LogP contribution >= 0.6 is 0 Å². The zero-order valence-electron chi connectivity index (χ0n) is 13.4. The molecule has 1 saturated heterocycles. The zero-order valence-corrected chi connectivity index (χ0v) is 13.4. The van der Waals surface area contributed by atoms with Gasteiger partial charge in [-0.25, -0.2) is 0 Å². The molecule has 1 aliphatic carbocycles. The molecule has 0 bridgehead atoms. The van der Waals surface area contributed by atoms with Crippen LogP contribution in [0.15, 0.2) is 47.0 Å². The van der Waals surface area contributed by atoms with Gasteiger partial charge in [0.1, 0.15) is 0 Å². The number of benzene rings is 1. The standard InChI is InChI=1S/C19H23N3O/c1-2-6-15(7-3-1)10-11-18-20-19(23-21-18)14-22-12-16-8-4-5-9-17(16)13-22/h1-7,16-17H,8-14H2/t16-,17+. The van der Waals surface area contributed by atoms with Crippen LogP contribution in [-0.4, -0.2) is 28.1 Å². The van der Waals surface area contributed by atoms with E-state index in [0.717, 1.165) is 56.0 Å². The molecule has 1 aliphatic heterocycles. The highest BCUT2D eigenvalue weighted by atomic mass is 16.5. The number of nitrogens with zero attached hydrogens (tertiary/aromatic N) is 3. The van der Waals surface area contributed by atoms with Crippen LogP contribution in [0.2, 0.25) is 0 Å². The van der Waals surface area contributed by atoms with Gasteiger partial charge in [0.25, 0.3) is 0 Å². The topological polar surface area (TPSA) is 42.2 Å². The van der Waals surface area contributed by atoms with Crippen molar-refractivity contribution in [1.29, 1.82) is 0 Å². The van der Waals surface area contributed by atoms with E-state index in [4.69, 9.17) is 4.52 Å². The van der Waals surface area contributed by atoms with E-state index in [2.05, 4.69) is 51.5 Å². The predicted molar refractivity (Wildman–Crippen MR) is 88.8 cm³/mol. The average Bonchev–Trinajstić information content (AvgIpc) is 3.20. The fraction of sp³-hybridized carbons (Fsp3) is 0.474. The fourth-order valence-corrected chi connectivity index (χ4v) is 3.79. The van der Waals surface area contributed by atoms with E-state index in [-0.39, 0.29) is 0 Å². The van der Waals surface area contributed by atoms with E-state index in [1.807, 2.05) is 6.07 Å². The van der Waals surface area contributed by atoms with Gasteiger partial charge in [-0.3, -0.25) is 4.90 Å². The van der Waals surface area contributed by atoms with Gasteiger partial charge in [-0.1, -0.05) is 47.6 Å². The quantitative estimate of drug-likeness (QED) is 0.795. The summed E-state index contributed by atoms with van der Waals surface area (Å²) in [4.78, 5) is 7.04. The maximum absolute atomic E-state index is 5.45.